The van der Waals surface area contributed by atoms with E-state index in [1.54, 1.807) is 12.1 Å². The van der Waals surface area contributed by atoms with Crippen LogP contribution in [-0.2, 0) is 16.2 Å². The van der Waals surface area contributed by atoms with Gasteiger partial charge in [0.15, 0.2) is 0 Å². The third kappa shape index (κ3) is 9.06. The van der Waals surface area contributed by atoms with Crippen molar-refractivity contribution in [3.63, 3.8) is 0 Å². The Hall–Kier alpha value is -6.26. The number of aromatic hydroxyl groups is 1. The number of rotatable bonds is 8. The van der Waals surface area contributed by atoms with Crippen molar-refractivity contribution in [1.29, 1.82) is 0 Å². The summed E-state index contributed by atoms with van der Waals surface area (Å²) in [7, 11) is 0. The maximum absolute atomic E-state index is 12.4. The van der Waals surface area contributed by atoms with Crippen molar-refractivity contribution in [1.82, 2.24) is 14.5 Å². The number of aryl methyl sites for hydroxylation is 1. The molecule has 0 aliphatic carbocycles. The second-order valence-electron chi connectivity index (χ2n) is 21.6. The fourth-order valence-electron chi connectivity index (χ4n) is 8.75. The molecule has 0 atom stereocenters. The number of hydrogen-bond acceptors (Lipinski definition) is 3. The van der Waals surface area contributed by atoms with Crippen LogP contribution < -0.4 is 0 Å². The van der Waals surface area contributed by atoms with E-state index in [1.165, 1.54) is 11.1 Å². The van der Waals surface area contributed by atoms with Crippen LogP contribution in [0.3, 0.4) is 0 Å². The summed E-state index contributed by atoms with van der Waals surface area (Å²) in [6, 6.07) is 44.4. The Bertz CT molecular complexity index is 3150. The highest BCUT2D eigenvalue weighted by molar-refractivity contribution is 5.98. The van der Waals surface area contributed by atoms with E-state index >= 15 is 0 Å². The Kier molecular flexibility index (Phi) is 10.8. The van der Waals surface area contributed by atoms with Gasteiger partial charge in [-0.2, -0.15) is 0 Å². The number of hydrogen-bond donors (Lipinski definition) is 1. The van der Waals surface area contributed by atoms with Gasteiger partial charge >= 0.3 is 0 Å². The first-order valence-corrected chi connectivity index (χ1v) is 23.2. The molecule has 1 N–H and O–H groups in total. The second kappa shape index (κ2) is 16.9. The molecule has 6 aromatic carbocycles. The lowest BCUT2D eigenvalue weighted by Gasteiger charge is -2.24. The predicted molar refractivity (Wildman–Crippen MR) is 277 cm³/mol. The van der Waals surface area contributed by atoms with E-state index in [1.807, 2.05) is 24.4 Å². The van der Waals surface area contributed by atoms with Crippen molar-refractivity contribution >= 4 is 11.0 Å². The number of imidazole rings is 1. The van der Waals surface area contributed by atoms with Crippen molar-refractivity contribution in [3.8, 4) is 67.5 Å². The van der Waals surface area contributed by atoms with Crippen molar-refractivity contribution in [2.24, 2.45) is 0 Å². The van der Waals surface area contributed by atoms with E-state index in [4.69, 9.17) is 14.1 Å². The van der Waals surface area contributed by atoms with Crippen LogP contribution in [0.4, 0.5) is 0 Å². The number of phenols is 1. The maximum Gasteiger partial charge on any atom is 0.149 e. The van der Waals surface area contributed by atoms with Crippen LogP contribution in [0.25, 0.3) is 72.7 Å². The molecule has 0 radical (unpaired) electrons. The molecule has 2 heterocycles. The normalized spacial score (nSPS) is 13.4. The molecule has 332 valence electrons. The van der Waals surface area contributed by atoms with Gasteiger partial charge in [0.25, 0.3) is 0 Å². The minimum Gasteiger partial charge on any atom is -0.507 e. The summed E-state index contributed by atoms with van der Waals surface area (Å²) >= 11 is 0. The molecule has 8 aromatic rings. The van der Waals surface area contributed by atoms with E-state index in [2.05, 4.69) is 192 Å². The number of fused-ring (bicyclic) bond motifs is 1. The SMILES string of the molecule is [2H]C([2H])([2H])c1ccc(-c2ccnc(-c3cc(-c4cccc5c4nc(-c4cc(C(C)C)cc(C(C)C)c4O)n5-c4cc(C(C)(C)C)ccc4-c4ccc(C(C)(C)C)cc4)cc(C(C)(C)C)c3)c2)cc1. The summed E-state index contributed by atoms with van der Waals surface area (Å²) in [5.74, 6) is 1.24. The lowest BCUT2D eigenvalue weighted by Crippen LogP contribution is -2.13. The molecule has 0 saturated carbocycles. The number of phenolic OH excluding ortho intramolecular Hbond substituents is 1. The van der Waals surface area contributed by atoms with E-state index in [0.717, 1.165) is 78.0 Å². The molecule has 4 nitrogen and oxygen atoms in total. The van der Waals surface area contributed by atoms with Gasteiger partial charge in [-0.05, 0) is 127 Å². The molecule has 0 aliphatic rings. The Morgan fingerprint density at radius 2 is 1.18 bits per heavy atom. The Morgan fingerprint density at radius 3 is 1.82 bits per heavy atom. The fourth-order valence-corrected chi connectivity index (χ4v) is 8.75. The van der Waals surface area contributed by atoms with Crippen molar-refractivity contribution in [2.75, 3.05) is 0 Å². The predicted octanol–water partition coefficient (Wildman–Crippen LogP) is 16.9. The molecule has 8 rings (SSSR count). The molecule has 0 aliphatic heterocycles. The fraction of sp³-hybridized carbons (Fsp3) is 0.311. The van der Waals surface area contributed by atoms with Gasteiger partial charge in [-0.15, -0.1) is 0 Å². The minimum atomic E-state index is -2.17. The van der Waals surface area contributed by atoms with E-state index in [9.17, 15) is 5.11 Å². The third-order valence-corrected chi connectivity index (χ3v) is 12.9. The molecular weight excluding hydrogens is 791 g/mol. The quantitative estimate of drug-likeness (QED) is 0.166. The van der Waals surface area contributed by atoms with Crippen molar-refractivity contribution in [2.45, 2.75) is 125 Å². The first-order chi connectivity index (χ1) is 31.8. The van der Waals surface area contributed by atoms with Gasteiger partial charge in [-0.25, -0.2) is 4.98 Å². The van der Waals surface area contributed by atoms with Crippen LogP contribution in [0.5, 0.6) is 5.75 Å². The van der Waals surface area contributed by atoms with Gasteiger partial charge in [0.05, 0.1) is 28.0 Å². The average molecular weight is 861 g/mol. The third-order valence-electron chi connectivity index (χ3n) is 12.9. The minimum absolute atomic E-state index is 0.00684. The van der Waals surface area contributed by atoms with Crippen molar-refractivity contribution in [3.05, 3.63) is 167 Å². The summed E-state index contributed by atoms with van der Waals surface area (Å²) in [5.41, 5.74) is 16.9. The molecule has 0 amide bonds. The highest BCUT2D eigenvalue weighted by atomic mass is 16.3. The molecule has 0 fully saturated rings. The van der Waals surface area contributed by atoms with Gasteiger partial charge in [0.2, 0.25) is 0 Å². The molecule has 0 unspecified atom stereocenters. The van der Waals surface area contributed by atoms with Crippen LogP contribution in [0.1, 0.15) is 139 Å². The standard InChI is InChI=1S/C61H67N3O/c1-37(2)43-33-51(38(3)4)57(65)52(34-43)58-63-56-50(44-30-45(32-48(31-44)61(12,13)14)53-35-42(28-29-62-53)40-20-18-39(5)19-21-40)16-15-17-54(56)64(58)55-36-47(60(9,10)11)26-27-49(55)41-22-24-46(25-23-41)59(6,7)8/h15-38,65H,1-14H3/i5D3. The Morgan fingerprint density at radius 1 is 0.538 bits per heavy atom. The highest BCUT2D eigenvalue weighted by Crippen LogP contribution is 2.45. The number of para-hydroxylation sites is 1. The molecule has 0 spiro atoms. The number of nitrogens with zero attached hydrogens (tertiary/aromatic N) is 3. The molecule has 65 heavy (non-hydrogen) atoms. The zero-order valence-corrected chi connectivity index (χ0v) is 40.6. The lowest BCUT2D eigenvalue weighted by molar-refractivity contribution is 0.466. The Labute approximate surface area is 392 Å². The van der Waals surface area contributed by atoms with Crippen LogP contribution in [0.2, 0.25) is 0 Å². The molecule has 2 aromatic heterocycles. The van der Waals surface area contributed by atoms with Crippen LogP contribution in [0, 0.1) is 6.85 Å². The van der Waals surface area contributed by atoms with E-state index in [0.29, 0.717) is 17.0 Å². The highest BCUT2D eigenvalue weighted by Gasteiger charge is 2.27. The van der Waals surface area contributed by atoms with Gasteiger partial charge in [0.1, 0.15) is 11.6 Å². The smallest absolute Gasteiger partial charge is 0.149 e. The zero-order valence-electron chi connectivity index (χ0n) is 43.6. The van der Waals surface area contributed by atoms with Gasteiger partial charge in [0, 0.05) is 27.0 Å². The number of aromatic nitrogens is 3. The van der Waals surface area contributed by atoms with E-state index < -0.39 is 6.85 Å². The summed E-state index contributed by atoms with van der Waals surface area (Å²) in [4.78, 5) is 10.6. The van der Waals surface area contributed by atoms with Gasteiger partial charge in [-0.1, -0.05) is 181 Å². The number of pyridine rings is 1. The lowest BCUT2D eigenvalue weighted by atomic mass is 9.83. The maximum atomic E-state index is 12.4. The van der Waals surface area contributed by atoms with Gasteiger partial charge < -0.3 is 5.11 Å². The van der Waals surface area contributed by atoms with Gasteiger partial charge in [-0.3, -0.25) is 9.55 Å². The number of benzene rings is 6. The Balaban J connectivity index is 1.42. The van der Waals surface area contributed by atoms with Crippen LogP contribution in [0.15, 0.2) is 134 Å². The summed E-state index contributed by atoms with van der Waals surface area (Å²) in [6.07, 6.45) is 1.82. The van der Waals surface area contributed by atoms with Crippen molar-refractivity contribution < 1.29 is 9.22 Å². The summed E-state index contributed by atoms with van der Waals surface area (Å²) < 4.78 is 25.9. The first-order valence-electron chi connectivity index (χ1n) is 24.7. The monoisotopic (exact) mass is 861 g/mol. The first kappa shape index (κ1) is 41.4. The van der Waals surface area contributed by atoms with Crippen LogP contribution >= 0.6 is 0 Å². The molecular formula is C61H67N3O. The zero-order chi connectivity index (χ0) is 49.2. The topological polar surface area (TPSA) is 50.9 Å². The van der Waals surface area contributed by atoms with E-state index in [-0.39, 0.29) is 33.8 Å². The largest absolute Gasteiger partial charge is 0.507 e. The summed E-state index contributed by atoms with van der Waals surface area (Å²) in [5, 5.41) is 12.4. The summed E-state index contributed by atoms with van der Waals surface area (Å²) in [6.45, 7) is 26.7. The molecule has 0 saturated heterocycles. The molecule has 4 heteroatoms. The van der Waals surface area contributed by atoms with Crippen LogP contribution in [-0.4, -0.2) is 19.6 Å². The second-order valence-corrected chi connectivity index (χ2v) is 21.6. The average Bonchev–Trinajstić information content (AvgIpc) is 3.67. The molecule has 0 bridgehead atoms.